The van der Waals surface area contributed by atoms with Crippen LogP contribution in [0, 0.1) is 47.6 Å². The van der Waals surface area contributed by atoms with Gasteiger partial charge in [0.05, 0.1) is 87.3 Å². The fourth-order valence-corrected chi connectivity index (χ4v) is 31.0. The van der Waals surface area contributed by atoms with Crippen molar-refractivity contribution in [3.05, 3.63) is 133 Å². The number of aryl methyl sites for hydroxylation is 4. The van der Waals surface area contributed by atoms with Crippen LogP contribution in [0.1, 0.15) is 402 Å². The smallest absolute Gasteiger partial charge is 0.270 e. The van der Waals surface area contributed by atoms with Crippen LogP contribution in [0.25, 0.3) is 125 Å². The minimum Gasteiger partial charge on any atom is -0.337 e. The molecule has 0 aliphatic heterocycles. The summed E-state index contributed by atoms with van der Waals surface area (Å²) in [5, 5.41) is 31.3. The minimum atomic E-state index is -0.0978. The van der Waals surface area contributed by atoms with E-state index in [-0.39, 0.29) is 23.0 Å². The number of benzene rings is 1. The third kappa shape index (κ3) is 21.5. The molecule has 0 saturated heterocycles. The summed E-state index contributed by atoms with van der Waals surface area (Å²) >= 11 is 16.0. The molecule has 0 radical (unpaired) electrons. The number of nitriles is 2. The van der Waals surface area contributed by atoms with Crippen molar-refractivity contribution in [1.82, 2.24) is 17.9 Å². The number of thiophene rings is 8. The number of aromatic nitrogens is 4. The molecular formula is C108H134N8O2S9. The first-order valence-electron chi connectivity index (χ1n) is 49.5. The molecule has 10 nitrogen and oxygen atoms in total. The molecule has 0 N–H and O–H groups in total. The number of carbonyl (C=O) groups excluding carboxylic acids is 2. The summed E-state index contributed by atoms with van der Waals surface area (Å²) in [5.74, 6) is 0.673. The predicted molar refractivity (Wildman–Crippen MR) is 558 cm³/mol. The Kier molecular flexibility index (Phi) is 36.2. The zero-order valence-electron chi connectivity index (χ0n) is 77.2. The van der Waals surface area contributed by atoms with Crippen LogP contribution in [0.15, 0.2) is 56.2 Å². The van der Waals surface area contributed by atoms with Crippen molar-refractivity contribution in [3.8, 4) is 31.6 Å². The maximum absolute atomic E-state index is 14.8. The summed E-state index contributed by atoms with van der Waals surface area (Å²) in [5.41, 5.74) is 17.3. The van der Waals surface area contributed by atoms with E-state index in [0.717, 1.165) is 137 Å². The summed E-state index contributed by atoms with van der Waals surface area (Å²) in [4.78, 5) is 44.4. The fourth-order valence-electron chi connectivity index (χ4n) is 20.2. The molecule has 0 saturated carbocycles. The second-order valence-electron chi connectivity index (χ2n) is 36.5. The normalized spacial score (nSPS) is 14.9. The van der Waals surface area contributed by atoms with Crippen molar-refractivity contribution in [3.63, 3.8) is 0 Å². The zero-order chi connectivity index (χ0) is 88.7. The summed E-state index contributed by atoms with van der Waals surface area (Å²) in [6, 6.07) is 9.42. The van der Waals surface area contributed by atoms with Crippen LogP contribution in [-0.4, -0.2) is 29.4 Å². The van der Waals surface area contributed by atoms with Crippen LogP contribution in [0.3, 0.4) is 0 Å². The molecule has 2 aliphatic rings. The molecule has 11 heterocycles. The minimum absolute atomic E-state index is 0.0248. The maximum Gasteiger partial charge on any atom is 0.270 e. The molecule has 672 valence electrons. The fraction of sp³-hybridized carbons (Fsp3) is 0.556. The number of hydrogen-bond acceptors (Lipinski definition) is 15. The van der Waals surface area contributed by atoms with Crippen molar-refractivity contribution in [2.24, 2.45) is 11.8 Å². The van der Waals surface area contributed by atoms with E-state index in [1.807, 2.05) is 89.5 Å². The molecule has 14 rings (SSSR count). The van der Waals surface area contributed by atoms with E-state index in [4.69, 9.17) is 21.9 Å². The Morgan fingerprint density at radius 3 is 1.04 bits per heavy atom. The topological polar surface area (TPSA) is 126 Å². The third-order valence-electron chi connectivity index (χ3n) is 27.5. The first-order chi connectivity index (χ1) is 62.5. The number of hydrogen-bond donors (Lipinski definition) is 0. The third-order valence-corrected chi connectivity index (χ3v) is 37.4. The summed E-state index contributed by atoms with van der Waals surface area (Å²) < 4.78 is 25.1. The van der Waals surface area contributed by atoms with Gasteiger partial charge in [0.2, 0.25) is 0 Å². The molecule has 2 atom stereocenters. The molecule has 11 aromatic heterocycles. The van der Waals surface area contributed by atoms with Gasteiger partial charge in [-0.3, -0.25) is 9.59 Å². The van der Waals surface area contributed by atoms with E-state index in [9.17, 15) is 20.1 Å². The lowest BCUT2D eigenvalue weighted by Crippen LogP contribution is -2.13. The van der Waals surface area contributed by atoms with E-state index < -0.39 is 0 Å². The Balaban J connectivity index is 0.987. The SMILES string of the molecule is [C-]#[N+]C(C#N)=C1/C(=C/c2sc(-c3sc4c(sc5c6c7nsnc7c7c8sc9c(CCCCCCCCCCC)c(-c%10cc(CCCCCCCCCCC)c(/C=C%11\C(=O)c%12cscc%12\C%11=C(/C#N)[N+]#[C-])s%10)sc9c8n(CC(CC)CCCC)c7c6n(CC(CC)CCCC)c45)c3CCCCCCCCCCC)cc2CCCCCCCCCCC)C(=O)c2cscc21. The Morgan fingerprint density at radius 2 is 0.717 bits per heavy atom. The number of Topliss-reactive ketones (excluding diaryl/α,β-unsaturated/α-hetero) is 2. The average Bonchev–Trinajstić information content (AvgIpc) is 1.50. The Labute approximate surface area is 793 Å². The lowest BCUT2D eigenvalue weighted by molar-refractivity contribution is 0.103. The molecule has 2 aliphatic carbocycles. The largest absolute Gasteiger partial charge is 0.337 e. The van der Waals surface area contributed by atoms with Gasteiger partial charge in [-0.2, -0.15) is 31.4 Å². The van der Waals surface area contributed by atoms with Crippen LogP contribution in [0.2, 0.25) is 0 Å². The van der Waals surface area contributed by atoms with Gasteiger partial charge in [0.15, 0.2) is 11.6 Å². The van der Waals surface area contributed by atoms with Crippen LogP contribution >= 0.6 is 102 Å². The lowest BCUT2D eigenvalue weighted by atomic mass is 9.99. The van der Waals surface area contributed by atoms with Gasteiger partial charge < -0.3 is 9.13 Å². The highest BCUT2D eigenvalue weighted by atomic mass is 32.1. The summed E-state index contributed by atoms with van der Waals surface area (Å²) in [6.45, 7) is 37.0. The lowest BCUT2D eigenvalue weighted by Gasteiger charge is -2.20. The van der Waals surface area contributed by atoms with Crippen LogP contribution in [0.4, 0.5) is 0 Å². The highest BCUT2D eigenvalue weighted by Gasteiger charge is 2.38. The Bertz CT molecular complexity index is 5690. The molecule has 12 aromatic rings. The van der Waals surface area contributed by atoms with Gasteiger partial charge in [-0.25, -0.2) is 20.2 Å². The number of fused-ring (bicyclic) bond motifs is 16. The quantitative estimate of drug-likeness (QED) is 0.0162. The van der Waals surface area contributed by atoms with E-state index in [2.05, 4.69) is 111 Å². The second-order valence-corrected chi connectivity index (χ2v) is 44.8. The number of ketones is 2. The molecule has 0 amide bonds. The first kappa shape index (κ1) is 96.1. The molecule has 0 spiro atoms. The highest BCUT2D eigenvalue weighted by molar-refractivity contribution is 7.37. The monoisotopic (exact) mass is 1860 g/mol. The van der Waals surface area contributed by atoms with Gasteiger partial charge in [0.25, 0.3) is 11.4 Å². The number of unbranched alkanes of at least 4 members (excludes halogenated alkanes) is 34. The molecule has 0 bridgehead atoms. The van der Waals surface area contributed by atoms with Crippen molar-refractivity contribution in [2.75, 3.05) is 0 Å². The molecule has 1 aromatic carbocycles. The molecule has 0 fully saturated rings. The van der Waals surface area contributed by atoms with Crippen LogP contribution in [-0.2, 0) is 38.8 Å². The first-order valence-corrected chi connectivity index (χ1v) is 57.0. The van der Waals surface area contributed by atoms with E-state index in [0.29, 0.717) is 56.4 Å². The van der Waals surface area contributed by atoms with Crippen molar-refractivity contribution >= 4 is 209 Å². The van der Waals surface area contributed by atoms with Crippen LogP contribution < -0.4 is 0 Å². The van der Waals surface area contributed by atoms with Gasteiger partial charge in [-0.05, 0) is 144 Å². The zero-order valence-corrected chi connectivity index (χ0v) is 84.5. The van der Waals surface area contributed by atoms with E-state index >= 15 is 0 Å². The van der Waals surface area contributed by atoms with Crippen LogP contribution in [0.5, 0.6) is 0 Å². The second kappa shape index (κ2) is 47.9. The number of rotatable bonds is 56. The standard InChI is InChI=1S/C108H134N8O2S9/c1-11-19-25-29-33-37-41-45-49-55-73-59-87(121-85(73)61-77-89(83(63-109)111-9)79-67-119-69-81(79)99(77)117)101-75(57-51-47-43-39-35-31-27-21-13-3)103-107(123-101)97-105(125-103)91-93-94(114-127-113-93)92-96(95(91)115(97)65-71(17-7)53-23-15-5)116(66-72(18-8)54-24-16-6)98-106(92)126-104-76(58-52-48-44-40-36-32-28-22-14-4)102(124-108(98)104)88-60-74(56-50-46-42-38-34-30-26-20-12-2)86(122-88)62-78-90(84(64-110)112-10)80-68-120-70-82(80)100(78)118/h59-62,67-72H,11-58,65-66H2,1-8H3/b77-61-,78-62-,89-83+,90-84?. The number of allylic oxidation sites excluding steroid dienone is 6. The van der Waals surface area contributed by atoms with Crippen molar-refractivity contribution in [1.29, 1.82) is 10.5 Å². The van der Waals surface area contributed by atoms with Gasteiger partial charge in [0.1, 0.15) is 11.0 Å². The summed E-state index contributed by atoms with van der Waals surface area (Å²) in [7, 11) is 0. The van der Waals surface area contributed by atoms with Gasteiger partial charge in [-0.15, -0.1) is 68.0 Å². The van der Waals surface area contributed by atoms with Crippen molar-refractivity contribution < 1.29 is 9.59 Å². The van der Waals surface area contributed by atoms with E-state index in [1.54, 1.807) is 0 Å². The molecule has 19 heteroatoms. The predicted octanol–water partition coefficient (Wildman–Crippen LogP) is 37.6. The average molecular weight is 1860 g/mol. The maximum atomic E-state index is 14.8. The Hall–Kier alpha value is -6.98. The Morgan fingerprint density at radius 1 is 0.394 bits per heavy atom. The van der Waals surface area contributed by atoms with Gasteiger partial charge >= 0.3 is 0 Å². The van der Waals surface area contributed by atoms with Gasteiger partial charge in [-0.1, -0.05) is 299 Å². The van der Waals surface area contributed by atoms with E-state index in [1.165, 1.54) is 343 Å². The number of carbonyl (C=O) groups is 2. The molecule has 127 heavy (non-hydrogen) atoms. The van der Waals surface area contributed by atoms with Crippen molar-refractivity contribution in [2.45, 2.75) is 377 Å². The molecular weight excluding hydrogens is 1730 g/mol. The van der Waals surface area contributed by atoms with Gasteiger partial charge in [0, 0.05) is 97.3 Å². The summed E-state index contributed by atoms with van der Waals surface area (Å²) in [6.07, 6.45) is 61.9. The number of nitrogens with zero attached hydrogens (tertiary/aromatic N) is 8. The highest BCUT2D eigenvalue weighted by Crippen LogP contribution is 2.59. The molecule has 2 unspecified atom stereocenters.